The molecule has 0 aromatic heterocycles. The van der Waals surface area contributed by atoms with Crippen molar-refractivity contribution in [1.29, 1.82) is 0 Å². The number of hydrogen-bond donors (Lipinski definition) is 2. The molecule has 0 heterocycles. The number of aliphatic hydroxyl groups is 1. The van der Waals surface area contributed by atoms with Gasteiger partial charge in [0, 0.05) is 18.6 Å². The van der Waals surface area contributed by atoms with Crippen LogP contribution in [0, 0.1) is 5.92 Å². The Labute approximate surface area is 97.4 Å². The van der Waals surface area contributed by atoms with Gasteiger partial charge < -0.3 is 15.2 Å². The van der Waals surface area contributed by atoms with Crippen molar-refractivity contribution in [3.8, 4) is 0 Å². The highest BCUT2D eigenvalue weighted by Crippen LogP contribution is 2.24. The van der Waals surface area contributed by atoms with Gasteiger partial charge in [-0.15, -0.1) is 0 Å². The first-order valence-corrected chi connectivity index (χ1v) is 6.03. The fraction of sp³-hybridized carbons (Fsp3) is 0.917. The van der Waals surface area contributed by atoms with Gasteiger partial charge in [-0.05, 0) is 33.6 Å². The summed E-state index contributed by atoms with van der Waals surface area (Å²) in [6, 6.07) is 0.0635. The van der Waals surface area contributed by atoms with Gasteiger partial charge in [-0.25, -0.2) is 4.79 Å². The number of nitrogens with one attached hydrogen (secondary N) is 1. The molecule has 0 radical (unpaired) electrons. The summed E-state index contributed by atoms with van der Waals surface area (Å²) in [5.41, 5.74) is -0.465. The number of hydrogen-bond acceptors (Lipinski definition) is 3. The van der Waals surface area contributed by atoms with Crippen LogP contribution >= 0.6 is 0 Å². The lowest BCUT2D eigenvalue weighted by Crippen LogP contribution is -2.45. The Morgan fingerprint density at radius 3 is 2.56 bits per heavy atom. The van der Waals surface area contributed by atoms with Gasteiger partial charge in [0.25, 0.3) is 0 Å². The summed E-state index contributed by atoms with van der Waals surface area (Å²) in [6.45, 7) is 5.67. The standard InChI is InChI=1S/C12H23NO3/c1-12(2,3)16-11(15)13-10-7-5-4-6-9(10)8-14/h9-10,14H,4-8H2,1-3H3,(H,13,15). The molecule has 1 rings (SSSR count). The molecule has 2 N–H and O–H groups in total. The van der Waals surface area contributed by atoms with E-state index in [9.17, 15) is 9.90 Å². The van der Waals surface area contributed by atoms with Crippen molar-refractivity contribution in [3.63, 3.8) is 0 Å². The van der Waals surface area contributed by atoms with Gasteiger partial charge in [0.05, 0.1) is 0 Å². The first kappa shape index (κ1) is 13.3. The second-order valence-electron chi connectivity index (χ2n) is 5.48. The van der Waals surface area contributed by atoms with Gasteiger partial charge in [0.2, 0.25) is 0 Å². The van der Waals surface area contributed by atoms with Crippen LogP contribution in [0.25, 0.3) is 0 Å². The first-order chi connectivity index (χ1) is 7.42. The zero-order valence-corrected chi connectivity index (χ0v) is 10.5. The van der Waals surface area contributed by atoms with Crippen molar-refractivity contribution in [2.75, 3.05) is 6.61 Å². The van der Waals surface area contributed by atoms with E-state index in [1.807, 2.05) is 20.8 Å². The Morgan fingerprint density at radius 2 is 2.00 bits per heavy atom. The molecule has 0 spiro atoms. The van der Waals surface area contributed by atoms with Crippen LogP contribution in [0.1, 0.15) is 46.5 Å². The third-order valence-electron chi connectivity index (χ3n) is 2.85. The van der Waals surface area contributed by atoms with Gasteiger partial charge in [-0.3, -0.25) is 0 Å². The third-order valence-corrected chi connectivity index (χ3v) is 2.85. The van der Waals surface area contributed by atoms with Crippen molar-refractivity contribution in [3.05, 3.63) is 0 Å². The molecule has 1 aliphatic carbocycles. The summed E-state index contributed by atoms with van der Waals surface area (Å²) in [5.74, 6) is 0.182. The maximum Gasteiger partial charge on any atom is 0.407 e. The van der Waals surface area contributed by atoms with E-state index < -0.39 is 5.60 Å². The summed E-state index contributed by atoms with van der Waals surface area (Å²) in [4.78, 5) is 11.6. The molecule has 0 aliphatic heterocycles. The van der Waals surface area contributed by atoms with Crippen LogP contribution in [-0.4, -0.2) is 29.4 Å². The van der Waals surface area contributed by atoms with E-state index in [-0.39, 0.29) is 24.7 Å². The lowest BCUT2D eigenvalue weighted by atomic mass is 9.85. The molecule has 0 saturated heterocycles. The number of aliphatic hydroxyl groups excluding tert-OH is 1. The molecule has 0 bridgehead atoms. The van der Waals surface area contributed by atoms with Gasteiger partial charge in [0.15, 0.2) is 0 Å². The summed E-state index contributed by atoms with van der Waals surface area (Å²) in [6.07, 6.45) is 3.79. The highest BCUT2D eigenvalue weighted by atomic mass is 16.6. The summed E-state index contributed by atoms with van der Waals surface area (Å²) in [5, 5.41) is 12.1. The molecule has 0 aromatic carbocycles. The first-order valence-electron chi connectivity index (χ1n) is 6.03. The molecular formula is C12H23NO3. The Hall–Kier alpha value is -0.770. The minimum atomic E-state index is -0.465. The molecule has 1 saturated carbocycles. The fourth-order valence-electron chi connectivity index (χ4n) is 2.08. The summed E-state index contributed by atoms with van der Waals surface area (Å²) >= 11 is 0. The Morgan fingerprint density at radius 1 is 1.38 bits per heavy atom. The zero-order chi connectivity index (χ0) is 12.2. The number of alkyl carbamates (subject to hydrolysis) is 1. The molecule has 2 atom stereocenters. The van der Waals surface area contributed by atoms with Crippen LogP contribution in [0.2, 0.25) is 0 Å². The Balaban J connectivity index is 2.42. The highest BCUT2D eigenvalue weighted by Gasteiger charge is 2.27. The smallest absolute Gasteiger partial charge is 0.407 e. The number of carbonyl (C=O) groups is 1. The van der Waals surface area contributed by atoms with Crippen molar-refractivity contribution in [1.82, 2.24) is 5.32 Å². The molecule has 4 heteroatoms. The number of amides is 1. The predicted molar refractivity (Wildman–Crippen MR) is 62.2 cm³/mol. The number of ether oxygens (including phenoxy) is 1. The predicted octanol–water partition coefficient (Wildman–Crippen LogP) is 2.06. The van der Waals surface area contributed by atoms with E-state index >= 15 is 0 Å². The van der Waals surface area contributed by atoms with E-state index in [4.69, 9.17) is 4.74 Å². The molecule has 16 heavy (non-hydrogen) atoms. The molecular weight excluding hydrogens is 206 g/mol. The summed E-state index contributed by atoms with van der Waals surface area (Å²) in [7, 11) is 0. The van der Waals surface area contributed by atoms with E-state index in [1.54, 1.807) is 0 Å². The fourth-order valence-corrected chi connectivity index (χ4v) is 2.08. The van der Waals surface area contributed by atoms with Crippen molar-refractivity contribution >= 4 is 6.09 Å². The average molecular weight is 229 g/mol. The Kier molecular flexibility index (Phi) is 4.59. The van der Waals surface area contributed by atoms with Gasteiger partial charge in [0.1, 0.15) is 5.60 Å². The maximum atomic E-state index is 11.6. The highest BCUT2D eigenvalue weighted by molar-refractivity contribution is 5.68. The van der Waals surface area contributed by atoms with E-state index in [0.29, 0.717) is 0 Å². The minimum absolute atomic E-state index is 0.0635. The molecule has 1 aliphatic rings. The lowest BCUT2D eigenvalue weighted by Gasteiger charge is -2.31. The normalized spacial score (nSPS) is 26.2. The van der Waals surface area contributed by atoms with Crippen LogP contribution in [0.3, 0.4) is 0 Å². The molecule has 1 amide bonds. The van der Waals surface area contributed by atoms with Crippen LogP contribution in [0.5, 0.6) is 0 Å². The molecule has 1 fully saturated rings. The quantitative estimate of drug-likeness (QED) is 0.762. The van der Waals surface area contributed by atoms with Gasteiger partial charge in [-0.2, -0.15) is 0 Å². The van der Waals surface area contributed by atoms with Crippen LogP contribution in [0.4, 0.5) is 4.79 Å². The number of carbonyl (C=O) groups excluding carboxylic acids is 1. The molecule has 2 unspecified atom stereocenters. The van der Waals surface area contributed by atoms with Crippen LogP contribution in [-0.2, 0) is 4.74 Å². The van der Waals surface area contributed by atoms with Crippen LogP contribution in [0.15, 0.2) is 0 Å². The van der Waals surface area contributed by atoms with Crippen molar-refractivity contribution < 1.29 is 14.6 Å². The largest absolute Gasteiger partial charge is 0.444 e. The number of rotatable bonds is 2. The van der Waals surface area contributed by atoms with E-state index in [2.05, 4.69) is 5.32 Å². The lowest BCUT2D eigenvalue weighted by molar-refractivity contribution is 0.0446. The third kappa shape index (κ3) is 4.39. The minimum Gasteiger partial charge on any atom is -0.444 e. The van der Waals surface area contributed by atoms with Crippen molar-refractivity contribution in [2.45, 2.75) is 58.1 Å². The topological polar surface area (TPSA) is 58.6 Å². The second kappa shape index (κ2) is 5.53. The molecule has 0 aromatic rings. The zero-order valence-electron chi connectivity index (χ0n) is 10.5. The van der Waals surface area contributed by atoms with Crippen LogP contribution < -0.4 is 5.32 Å². The SMILES string of the molecule is CC(C)(C)OC(=O)NC1CCCCC1CO. The van der Waals surface area contributed by atoms with Gasteiger partial charge in [-0.1, -0.05) is 12.8 Å². The Bertz CT molecular complexity index is 235. The van der Waals surface area contributed by atoms with Crippen molar-refractivity contribution in [2.24, 2.45) is 5.92 Å². The molecule has 94 valence electrons. The second-order valence-corrected chi connectivity index (χ2v) is 5.48. The summed E-state index contributed by atoms with van der Waals surface area (Å²) < 4.78 is 5.20. The maximum absolute atomic E-state index is 11.6. The van der Waals surface area contributed by atoms with E-state index in [1.165, 1.54) is 0 Å². The monoisotopic (exact) mass is 229 g/mol. The van der Waals surface area contributed by atoms with Gasteiger partial charge >= 0.3 is 6.09 Å². The molecule has 4 nitrogen and oxygen atoms in total. The van der Waals surface area contributed by atoms with E-state index in [0.717, 1.165) is 25.7 Å². The average Bonchev–Trinajstić information content (AvgIpc) is 2.15.